The monoisotopic (exact) mass is 352 g/mol. The van der Waals surface area contributed by atoms with Crippen LogP contribution in [0.4, 0.5) is 0 Å². The van der Waals surface area contributed by atoms with E-state index in [9.17, 15) is 9.59 Å². The van der Waals surface area contributed by atoms with E-state index in [0.29, 0.717) is 25.6 Å². The summed E-state index contributed by atoms with van der Waals surface area (Å²) in [6.45, 7) is 0.973. The summed E-state index contributed by atoms with van der Waals surface area (Å²) in [5, 5.41) is 0. The van der Waals surface area contributed by atoms with Crippen LogP contribution < -0.4 is 0 Å². The smallest absolute Gasteiger partial charge is 0.228 e. The topological polar surface area (TPSA) is 66.4 Å². The molecule has 4 rings (SSSR count). The number of hydrogen-bond acceptors (Lipinski definition) is 4. The van der Waals surface area contributed by atoms with Gasteiger partial charge in [0, 0.05) is 26.1 Å². The fourth-order valence-electron chi connectivity index (χ4n) is 4.17. The van der Waals surface area contributed by atoms with Crippen molar-refractivity contribution in [2.45, 2.75) is 44.7 Å². The van der Waals surface area contributed by atoms with Gasteiger partial charge in [-0.2, -0.15) is 0 Å². The van der Waals surface area contributed by atoms with Crippen LogP contribution in [0.15, 0.2) is 30.5 Å². The second-order valence-corrected chi connectivity index (χ2v) is 7.43. The van der Waals surface area contributed by atoms with Gasteiger partial charge in [-0.15, -0.1) is 0 Å². The summed E-state index contributed by atoms with van der Waals surface area (Å²) < 4.78 is 0. The first-order valence-electron chi connectivity index (χ1n) is 9.37. The van der Waals surface area contributed by atoms with E-state index in [4.69, 9.17) is 0 Å². The number of carbonyl (C=O) groups is 2. The molecule has 6 heteroatoms. The first-order chi connectivity index (χ1) is 12.6. The highest BCUT2D eigenvalue weighted by atomic mass is 16.2. The average Bonchev–Trinajstić information content (AvgIpc) is 3.30. The maximum atomic E-state index is 12.8. The number of hydrogen-bond donors (Lipinski definition) is 0. The molecule has 1 saturated heterocycles. The SMILES string of the molecule is CN(Cc1cnc2ccccc2n1)C(=O)[C@H]1CC(=O)N(C2CCCC2)C1. The molecule has 1 aromatic heterocycles. The molecule has 2 aliphatic rings. The number of nitrogens with zero attached hydrogens (tertiary/aromatic N) is 4. The van der Waals surface area contributed by atoms with E-state index in [2.05, 4.69) is 9.97 Å². The molecule has 2 amide bonds. The van der Waals surface area contributed by atoms with Crippen molar-refractivity contribution < 1.29 is 9.59 Å². The molecule has 0 unspecified atom stereocenters. The Hall–Kier alpha value is -2.50. The van der Waals surface area contributed by atoms with E-state index in [0.717, 1.165) is 29.6 Å². The lowest BCUT2D eigenvalue weighted by Gasteiger charge is -2.25. The van der Waals surface area contributed by atoms with E-state index >= 15 is 0 Å². The Bertz CT molecular complexity index is 831. The zero-order chi connectivity index (χ0) is 18.1. The Balaban J connectivity index is 1.41. The van der Waals surface area contributed by atoms with Gasteiger partial charge in [-0.25, -0.2) is 4.98 Å². The molecule has 1 atom stereocenters. The lowest BCUT2D eigenvalue weighted by atomic mass is 10.1. The van der Waals surface area contributed by atoms with Crippen molar-refractivity contribution >= 4 is 22.8 Å². The Morgan fingerprint density at radius 3 is 2.73 bits per heavy atom. The van der Waals surface area contributed by atoms with Crippen molar-refractivity contribution in [3.8, 4) is 0 Å². The van der Waals surface area contributed by atoms with Gasteiger partial charge in [0.05, 0.1) is 35.4 Å². The second kappa shape index (κ2) is 7.02. The van der Waals surface area contributed by atoms with Crippen molar-refractivity contribution in [3.05, 3.63) is 36.2 Å². The van der Waals surface area contributed by atoms with Crippen LogP contribution in [0.25, 0.3) is 11.0 Å². The highest BCUT2D eigenvalue weighted by Crippen LogP contribution is 2.30. The lowest BCUT2D eigenvalue weighted by Crippen LogP contribution is -2.37. The molecule has 1 saturated carbocycles. The maximum Gasteiger partial charge on any atom is 0.228 e. The van der Waals surface area contributed by atoms with Crippen molar-refractivity contribution in [1.82, 2.24) is 19.8 Å². The van der Waals surface area contributed by atoms with Gasteiger partial charge in [0.15, 0.2) is 0 Å². The fraction of sp³-hybridized carbons (Fsp3) is 0.500. The Morgan fingerprint density at radius 2 is 1.96 bits per heavy atom. The molecule has 1 aliphatic heterocycles. The summed E-state index contributed by atoms with van der Waals surface area (Å²) in [7, 11) is 1.78. The van der Waals surface area contributed by atoms with Crippen LogP contribution >= 0.6 is 0 Å². The summed E-state index contributed by atoms with van der Waals surface area (Å²) in [6.07, 6.45) is 6.59. The predicted octanol–water partition coefficient (Wildman–Crippen LogP) is 2.38. The van der Waals surface area contributed by atoms with Crippen LogP contribution in [0, 0.1) is 5.92 Å². The molecule has 0 N–H and O–H groups in total. The third-order valence-electron chi connectivity index (χ3n) is 5.55. The summed E-state index contributed by atoms with van der Waals surface area (Å²) in [5.74, 6) is -0.0792. The summed E-state index contributed by atoms with van der Waals surface area (Å²) >= 11 is 0. The Morgan fingerprint density at radius 1 is 1.23 bits per heavy atom. The normalized spacial score (nSPS) is 20.9. The number of rotatable bonds is 4. The number of para-hydroxylation sites is 2. The third-order valence-corrected chi connectivity index (χ3v) is 5.55. The molecule has 0 radical (unpaired) electrons. The third kappa shape index (κ3) is 3.28. The van der Waals surface area contributed by atoms with Crippen LogP contribution in [0.2, 0.25) is 0 Å². The Labute approximate surface area is 153 Å². The Kier molecular flexibility index (Phi) is 4.57. The molecule has 2 heterocycles. The van der Waals surface area contributed by atoms with Gasteiger partial charge >= 0.3 is 0 Å². The van der Waals surface area contributed by atoms with Crippen LogP contribution in [-0.2, 0) is 16.1 Å². The van der Waals surface area contributed by atoms with E-state index in [1.54, 1.807) is 18.1 Å². The molecule has 1 aromatic carbocycles. The zero-order valence-corrected chi connectivity index (χ0v) is 15.1. The summed E-state index contributed by atoms with van der Waals surface area (Å²) in [5.41, 5.74) is 2.43. The molecule has 26 heavy (non-hydrogen) atoms. The highest BCUT2D eigenvalue weighted by molar-refractivity contribution is 5.89. The molecule has 136 valence electrons. The second-order valence-electron chi connectivity index (χ2n) is 7.43. The standard InChI is InChI=1S/C20H24N4O2/c1-23(13-15-11-21-17-8-4-5-9-18(17)22-15)20(26)14-10-19(25)24(12-14)16-6-2-3-7-16/h4-5,8-9,11,14,16H,2-3,6-7,10,12-13H2,1H3/t14-/m0/s1. The van der Waals surface area contributed by atoms with E-state index in [-0.39, 0.29) is 17.7 Å². The number of amides is 2. The van der Waals surface area contributed by atoms with E-state index in [1.807, 2.05) is 29.2 Å². The zero-order valence-electron chi connectivity index (χ0n) is 15.1. The van der Waals surface area contributed by atoms with Crippen LogP contribution in [-0.4, -0.2) is 51.2 Å². The van der Waals surface area contributed by atoms with E-state index < -0.39 is 0 Å². The predicted molar refractivity (Wildman–Crippen MR) is 98.1 cm³/mol. The van der Waals surface area contributed by atoms with Gasteiger partial charge in [0.1, 0.15) is 0 Å². The van der Waals surface area contributed by atoms with Gasteiger partial charge < -0.3 is 9.80 Å². The quantitative estimate of drug-likeness (QED) is 0.847. The molecule has 2 aromatic rings. The first kappa shape index (κ1) is 16.9. The number of aromatic nitrogens is 2. The van der Waals surface area contributed by atoms with Crippen LogP contribution in [0.3, 0.4) is 0 Å². The van der Waals surface area contributed by atoms with Crippen LogP contribution in [0.5, 0.6) is 0 Å². The van der Waals surface area contributed by atoms with Gasteiger partial charge in [-0.05, 0) is 25.0 Å². The molecule has 2 fully saturated rings. The number of benzene rings is 1. The fourth-order valence-corrected chi connectivity index (χ4v) is 4.17. The average molecular weight is 352 g/mol. The minimum atomic E-state index is -0.235. The molecule has 0 bridgehead atoms. The number of likely N-dealkylation sites (tertiary alicyclic amines) is 1. The largest absolute Gasteiger partial charge is 0.339 e. The molecule has 1 aliphatic carbocycles. The van der Waals surface area contributed by atoms with Crippen molar-refractivity contribution in [2.75, 3.05) is 13.6 Å². The highest BCUT2D eigenvalue weighted by Gasteiger charge is 2.39. The number of carbonyl (C=O) groups excluding carboxylic acids is 2. The maximum absolute atomic E-state index is 12.8. The minimum absolute atomic E-state index is 0.0220. The summed E-state index contributed by atoms with van der Waals surface area (Å²) in [6, 6.07) is 8.04. The van der Waals surface area contributed by atoms with Gasteiger partial charge in [-0.3, -0.25) is 14.6 Å². The molecule has 6 nitrogen and oxygen atoms in total. The van der Waals surface area contributed by atoms with Gasteiger partial charge in [0.25, 0.3) is 0 Å². The van der Waals surface area contributed by atoms with E-state index in [1.165, 1.54) is 12.8 Å². The first-order valence-corrected chi connectivity index (χ1v) is 9.37. The van der Waals surface area contributed by atoms with Gasteiger partial charge in [0.2, 0.25) is 11.8 Å². The van der Waals surface area contributed by atoms with Gasteiger partial charge in [-0.1, -0.05) is 25.0 Å². The van der Waals surface area contributed by atoms with Crippen molar-refractivity contribution in [1.29, 1.82) is 0 Å². The number of fused-ring (bicyclic) bond motifs is 1. The molecule has 0 spiro atoms. The lowest BCUT2D eigenvalue weighted by molar-refractivity contribution is -0.135. The summed E-state index contributed by atoms with van der Waals surface area (Å²) in [4.78, 5) is 37.8. The van der Waals surface area contributed by atoms with Crippen LogP contribution in [0.1, 0.15) is 37.8 Å². The van der Waals surface area contributed by atoms with Crippen molar-refractivity contribution in [3.63, 3.8) is 0 Å². The minimum Gasteiger partial charge on any atom is -0.339 e. The molecular formula is C20H24N4O2. The molecular weight excluding hydrogens is 328 g/mol. The van der Waals surface area contributed by atoms with Crippen molar-refractivity contribution in [2.24, 2.45) is 5.92 Å².